The first-order valence-corrected chi connectivity index (χ1v) is 7.39. The van der Waals surface area contributed by atoms with Gasteiger partial charge in [-0.05, 0) is 70.1 Å². The average Bonchev–Trinajstić information content (AvgIpc) is 2.34. The number of benzene rings is 2. The largest absolute Gasteiger partial charge is 0.320 e. The summed E-state index contributed by atoms with van der Waals surface area (Å²) in [6.45, 7) is 0. The van der Waals surface area contributed by atoms with E-state index in [-0.39, 0.29) is 5.82 Å². The minimum atomic E-state index is -0.461. The molecular formula is C13H9BrClFIN. The van der Waals surface area contributed by atoms with Crippen molar-refractivity contribution in [2.24, 2.45) is 5.73 Å². The molecule has 0 saturated carbocycles. The lowest BCUT2D eigenvalue weighted by atomic mass is 9.99. The van der Waals surface area contributed by atoms with Gasteiger partial charge in [-0.1, -0.05) is 27.5 Å². The molecule has 0 bridgehead atoms. The van der Waals surface area contributed by atoms with E-state index in [0.29, 0.717) is 10.6 Å². The van der Waals surface area contributed by atoms with Crippen LogP contribution in [-0.2, 0) is 0 Å². The van der Waals surface area contributed by atoms with Crippen molar-refractivity contribution < 1.29 is 4.39 Å². The molecule has 0 aliphatic rings. The zero-order valence-electron chi connectivity index (χ0n) is 9.13. The van der Waals surface area contributed by atoms with Gasteiger partial charge < -0.3 is 5.73 Å². The van der Waals surface area contributed by atoms with Crippen molar-refractivity contribution in [3.05, 3.63) is 66.4 Å². The van der Waals surface area contributed by atoms with Crippen molar-refractivity contribution in [1.82, 2.24) is 0 Å². The predicted molar refractivity (Wildman–Crippen MR) is 84.3 cm³/mol. The third-order valence-electron chi connectivity index (χ3n) is 2.59. The molecule has 18 heavy (non-hydrogen) atoms. The van der Waals surface area contributed by atoms with Gasteiger partial charge in [-0.2, -0.15) is 0 Å². The first-order valence-electron chi connectivity index (χ1n) is 5.14. The summed E-state index contributed by atoms with van der Waals surface area (Å²) in [5.41, 5.74) is 7.64. The molecule has 1 atom stereocenters. The molecule has 0 radical (unpaired) electrons. The number of halogens is 4. The van der Waals surface area contributed by atoms with Gasteiger partial charge in [-0.3, -0.25) is 0 Å². The van der Waals surface area contributed by atoms with Crippen molar-refractivity contribution >= 4 is 50.1 Å². The van der Waals surface area contributed by atoms with Gasteiger partial charge in [-0.15, -0.1) is 0 Å². The Hall–Kier alpha value is -0.170. The molecule has 0 amide bonds. The Morgan fingerprint density at radius 1 is 1.17 bits per heavy atom. The van der Waals surface area contributed by atoms with Gasteiger partial charge in [0.2, 0.25) is 0 Å². The molecule has 0 aliphatic carbocycles. The topological polar surface area (TPSA) is 26.0 Å². The van der Waals surface area contributed by atoms with Gasteiger partial charge >= 0.3 is 0 Å². The second kappa shape index (κ2) is 5.86. The summed E-state index contributed by atoms with van der Waals surface area (Å²) in [5, 5.41) is 0.467. The van der Waals surface area contributed by atoms with E-state index >= 15 is 0 Å². The van der Waals surface area contributed by atoms with Crippen LogP contribution in [0.4, 0.5) is 4.39 Å². The SMILES string of the molecule is NC(c1cc(F)ccc1Cl)c1cc(I)ccc1Br. The number of hydrogen-bond donors (Lipinski definition) is 1. The summed E-state index contributed by atoms with van der Waals surface area (Å²) < 4.78 is 15.2. The second-order valence-corrected chi connectivity index (χ2v) is 6.32. The van der Waals surface area contributed by atoms with Crippen LogP contribution < -0.4 is 5.73 Å². The monoisotopic (exact) mass is 439 g/mol. The van der Waals surface area contributed by atoms with Crippen LogP contribution in [0.15, 0.2) is 40.9 Å². The van der Waals surface area contributed by atoms with Crippen molar-refractivity contribution in [3.8, 4) is 0 Å². The minimum Gasteiger partial charge on any atom is -0.320 e. The average molecular weight is 440 g/mol. The minimum absolute atomic E-state index is 0.341. The van der Waals surface area contributed by atoms with Crippen LogP contribution in [0.1, 0.15) is 17.2 Å². The fraction of sp³-hybridized carbons (Fsp3) is 0.0769. The highest BCUT2D eigenvalue weighted by Crippen LogP contribution is 2.32. The van der Waals surface area contributed by atoms with Crippen LogP contribution in [0.2, 0.25) is 5.02 Å². The van der Waals surface area contributed by atoms with Crippen molar-refractivity contribution in [3.63, 3.8) is 0 Å². The molecule has 2 rings (SSSR count). The van der Waals surface area contributed by atoms with Crippen LogP contribution >= 0.6 is 50.1 Å². The molecular weight excluding hydrogens is 431 g/mol. The molecule has 0 fully saturated rings. The molecule has 0 aromatic heterocycles. The Bertz CT molecular complexity index is 540. The molecule has 2 N–H and O–H groups in total. The molecule has 0 heterocycles. The maximum absolute atomic E-state index is 13.3. The third kappa shape index (κ3) is 3.04. The van der Waals surface area contributed by atoms with Crippen molar-refractivity contribution in [2.45, 2.75) is 6.04 Å². The molecule has 0 aliphatic heterocycles. The molecule has 0 saturated heterocycles. The lowest BCUT2D eigenvalue weighted by Crippen LogP contribution is -2.13. The van der Waals surface area contributed by atoms with E-state index in [4.69, 9.17) is 17.3 Å². The maximum atomic E-state index is 13.3. The van der Waals surface area contributed by atoms with Crippen LogP contribution in [0.5, 0.6) is 0 Å². The van der Waals surface area contributed by atoms with Crippen molar-refractivity contribution in [2.75, 3.05) is 0 Å². The Morgan fingerprint density at radius 3 is 2.61 bits per heavy atom. The summed E-state index contributed by atoms with van der Waals surface area (Å²) in [4.78, 5) is 0. The summed E-state index contributed by atoms with van der Waals surface area (Å²) in [6, 6.07) is 9.60. The van der Waals surface area contributed by atoms with Crippen LogP contribution in [0.25, 0.3) is 0 Å². The molecule has 5 heteroatoms. The summed E-state index contributed by atoms with van der Waals surface area (Å²) in [5.74, 6) is -0.341. The van der Waals surface area contributed by atoms with Gasteiger partial charge in [0, 0.05) is 13.1 Å². The van der Waals surface area contributed by atoms with Gasteiger partial charge in [0.25, 0.3) is 0 Å². The Balaban J connectivity index is 2.50. The fourth-order valence-corrected chi connectivity index (χ4v) is 2.92. The zero-order valence-corrected chi connectivity index (χ0v) is 13.6. The number of nitrogens with two attached hydrogens (primary N) is 1. The van der Waals surface area contributed by atoms with E-state index in [1.165, 1.54) is 18.2 Å². The van der Waals surface area contributed by atoms with E-state index in [1.807, 2.05) is 18.2 Å². The van der Waals surface area contributed by atoms with Gasteiger partial charge in [0.05, 0.1) is 6.04 Å². The van der Waals surface area contributed by atoms with Crippen LogP contribution in [0, 0.1) is 9.39 Å². The molecule has 0 spiro atoms. The van der Waals surface area contributed by atoms with Gasteiger partial charge in [0.15, 0.2) is 0 Å². The van der Waals surface area contributed by atoms with E-state index in [2.05, 4.69) is 38.5 Å². The predicted octanol–water partition coefficient (Wildman–Crippen LogP) is 4.89. The molecule has 2 aromatic carbocycles. The quantitative estimate of drug-likeness (QED) is 0.661. The maximum Gasteiger partial charge on any atom is 0.123 e. The standard InChI is InChI=1S/C13H9BrClFIN/c14-11-3-2-8(17)6-9(11)13(18)10-5-7(16)1-4-12(10)15/h1-6,13H,18H2. The first-order chi connectivity index (χ1) is 8.49. The lowest BCUT2D eigenvalue weighted by molar-refractivity contribution is 0.623. The summed E-state index contributed by atoms with van der Waals surface area (Å²) >= 11 is 11.7. The Labute approximate surface area is 132 Å². The van der Waals surface area contributed by atoms with Crippen molar-refractivity contribution in [1.29, 1.82) is 0 Å². The molecule has 1 unspecified atom stereocenters. The highest BCUT2D eigenvalue weighted by Gasteiger charge is 2.16. The van der Waals surface area contributed by atoms with E-state index in [9.17, 15) is 4.39 Å². The third-order valence-corrected chi connectivity index (χ3v) is 4.32. The summed E-state index contributed by atoms with van der Waals surface area (Å²) in [7, 11) is 0. The Kier molecular flexibility index (Phi) is 4.64. The first kappa shape index (κ1) is 14.2. The lowest BCUT2D eigenvalue weighted by Gasteiger charge is -2.16. The zero-order chi connectivity index (χ0) is 13.3. The van der Waals surface area contributed by atoms with E-state index in [0.717, 1.165) is 13.6 Å². The van der Waals surface area contributed by atoms with Gasteiger partial charge in [-0.25, -0.2) is 4.39 Å². The molecule has 94 valence electrons. The smallest absolute Gasteiger partial charge is 0.123 e. The van der Waals surface area contributed by atoms with Crippen LogP contribution in [-0.4, -0.2) is 0 Å². The van der Waals surface area contributed by atoms with Crippen LogP contribution in [0.3, 0.4) is 0 Å². The second-order valence-electron chi connectivity index (χ2n) is 3.81. The summed E-state index contributed by atoms with van der Waals surface area (Å²) in [6.07, 6.45) is 0. The highest BCUT2D eigenvalue weighted by atomic mass is 127. The fourth-order valence-electron chi connectivity index (χ4n) is 1.67. The molecule has 1 nitrogen and oxygen atoms in total. The van der Waals surface area contributed by atoms with E-state index < -0.39 is 6.04 Å². The number of rotatable bonds is 2. The highest BCUT2D eigenvalue weighted by molar-refractivity contribution is 14.1. The van der Waals surface area contributed by atoms with E-state index in [1.54, 1.807) is 0 Å². The normalized spacial score (nSPS) is 12.5. The number of hydrogen-bond acceptors (Lipinski definition) is 1. The van der Waals surface area contributed by atoms with Gasteiger partial charge in [0.1, 0.15) is 5.82 Å². The Morgan fingerprint density at radius 2 is 1.89 bits per heavy atom. The molecule has 2 aromatic rings.